The van der Waals surface area contributed by atoms with Crippen LogP contribution >= 0.6 is 0 Å². The van der Waals surface area contributed by atoms with E-state index in [9.17, 15) is 5.11 Å². The van der Waals surface area contributed by atoms with Crippen molar-refractivity contribution >= 4 is 0 Å². The number of aliphatic hydroxyl groups is 1. The molecule has 0 unspecified atom stereocenters. The van der Waals surface area contributed by atoms with Crippen molar-refractivity contribution in [1.29, 1.82) is 0 Å². The van der Waals surface area contributed by atoms with Gasteiger partial charge in [0.1, 0.15) is 0 Å². The number of aliphatic hydroxyl groups excluding tert-OH is 1. The molecule has 4 nitrogen and oxygen atoms in total. The van der Waals surface area contributed by atoms with E-state index in [1.807, 2.05) is 30.3 Å². The normalized spacial score (nSPS) is 23.4. The summed E-state index contributed by atoms with van der Waals surface area (Å²) >= 11 is 0. The predicted octanol–water partition coefficient (Wildman–Crippen LogP) is 3.41. The van der Waals surface area contributed by atoms with Gasteiger partial charge in [0.2, 0.25) is 0 Å². The molecule has 0 bridgehead atoms. The second-order valence-corrected chi connectivity index (χ2v) is 7.63. The number of benzene rings is 1. The van der Waals surface area contributed by atoms with Gasteiger partial charge in [-0.2, -0.15) is 0 Å². The highest BCUT2D eigenvalue weighted by molar-refractivity contribution is 5.19. The third-order valence-corrected chi connectivity index (χ3v) is 4.29. The molecule has 0 radical (unpaired) electrons. The zero-order chi connectivity index (χ0) is 17.1. The summed E-state index contributed by atoms with van der Waals surface area (Å²) in [6.07, 6.45) is 1.39. The molecule has 1 aromatic carbocycles. The Morgan fingerprint density at radius 1 is 1.13 bits per heavy atom. The molecule has 130 valence electrons. The van der Waals surface area contributed by atoms with Gasteiger partial charge in [-0.25, -0.2) is 0 Å². The first-order valence-electron chi connectivity index (χ1n) is 8.54. The van der Waals surface area contributed by atoms with Crippen molar-refractivity contribution in [2.24, 2.45) is 0 Å². The predicted molar refractivity (Wildman–Crippen MR) is 92.2 cm³/mol. The summed E-state index contributed by atoms with van der Waals surface area (Å²) in [5.74, 6) is 0. The maximum atomic E-state index is 9.78. The summed E-state index contributed by atoms with van der Waals surface area (Å²) < 4.78 is 12.4. The third kappa shape index (κ3) is 5.01. The Morgan fingerprint density at radius 3 is 2.17 bits per heavy atom. The molecule has 2 rings (SSSR count). The van der Waals surface area contributed by atoms with Crippen molar-refractivity contribution in [2.75, 3.05) is 6.61 Å². The Bertz CT molecular complexity index is 471. The zero-order valence-electron chi connectivity index (χ0n) is 15.0. The number of hydrogen-bond acceptors (Lipinski definition) is 4. The van der Waals surface area contributed by atoms with Crippen LogP contribution in [-0.2, 0) is 9.47 Å². The lowest BCUT2D eigenvalue weighted by Crippen LogP contribution is -2.56. The van der Waals surface area contributed by atoms with E-state index in [1.165, 1.54) is 0 Å². The monoisotopic (exact) mass is 321 g/mol. The van der Waals surface area contributed by atoms with E-state index in [-0.39, 0.29) is 36.2 Å². The summed E-state index contributed by atoms with van der Waals surface area (Å²) in [7, 11) is 0. The van der Waals surface area contributed by atoms with Gasteiger partial charge in [-0.15, -0.1) is 0 Å². The fourth-order valence-electron chi connectivity index (χ4n) is 3.51. The van der Waals surface area contributed by atoms with Gasteiger partial charge in [0.25, 0.3) is 0 Å². The largest absolute Gasteiger partial charge is 0.394 e. The maximum Gasteiger partial charge on any atom is 0.174 e. The maximum absolute atomic E-state index is 9.78. The Morgan fingerprint density at radius 2 is 1.70 bits per heavy atom. The Labute approximate surface area is 140 Å². The Balaban J connectivity index is 2.12. The van der Waals surface area contributed by atoms with E-state index in [0.29, 0.717) is 0 Å². The fourth-order valence-corrected chi connectivity index (χ4v) is 3.51. The lowest BCUT2D eigenvalue weighted by molar-refractivity contribution is -0.308. The minimum atomic E-state index is -0.323. The van der Waals surface area contributed by atoms with E-state index in [4.69, 9.17) is 9.47 Å². The highest BCUT2D eigenvalue weighted by Gasteiger charge is 2.43. The van der Waals surface area contributed by atoms with Gasteiger partial charge < -0.3 is 19.9 Å². The van der Waals surface area contributed by atoms with Crippen molar-refractivity contribution in [2.45, 2.75) is 77.0 Å². The zero-order valence-corrected chi connectivity index (χ0v) is 15.0. The minimum Gasteiger partial charge on any atom is -0.394 e. The molecule has 0 saturated carbocycles. The number of hydrogen-bond donors (Lipinski definition) is 2. The lowest BCUT2D eigenvalue weighted by Gasteiger charge is -2.47. The summed E-state index contributed by atoms with van der Waals surface area (Å²) in [6.45, 7) is 10.6. The van der Waals surface area contributed by atoms with Crippen LogP contribution < -0.4 is 5.32 Å². The van der Waals surface area contributed by atoms with Gasteiger partial charge in [0.15, 0.2) is 6.29 Å². The summed E-state index contributed by atoms with van der Waals surface area (Å²) in [5, 5.41) is 13.3. The molecule has 4 heteroatoms. The van der Waals surface area contributed by atoms with Crippen LogP contribution in [0, 0.1) is 0 Å². The average molecular weight is 321 g/mol. The van der Waals surface area contributed by atoms with Crippen LogP contribution in [0.25, 0.3) is 0 Å². The molecule has 23 heavy (non-hydrogen) atoms. The first-order valence-corrected chi connectivity index (χ1v) is 8.54. The minimum absolute atomic E-state index is 0.0196. The standard InChI is InChI=1S/C19H31NO3/c1-6-15(17-22-18(2,3)13-19(4,5)23-17)20-16(12-21)14-10-8-7-9-11-14/h7-11,15-17,20-21H,6,12-13H2,1-5H3/t15-,16+/m1/s1. The van der Waals surface area contributed by atoms with Crippen molar-refractivity contribution in [3.63, 3.8) is 0 Å². The van der Waals surface area contributed by atoms with E-state index in [2.05, 4.69) is 39.9 Å². The van der Waals surface area contributed by atoms with Crippen LogP contribution in [0.4, 0.5) is 0 Å². The number of nitrogens with one attached hydrogen (secondary N) is 1. The van der Waals surface area contributed by atoms with Gasteiger partial charge in [-0.3, -0.25) is 0 Å². The van der Waals surface area contributed by atoms with Gasteiger partial charge in [-0.1, -0.05) is 37.3 Å². The van der Waals surface area contributed by atoms with Crippen LogP contribution in [0.1, 0.15) is 59.1 Å². The third-order valence-electron chi connectivity index (χ3n) is 4.29. The first kappa shape index (κ1) is 18.4. The molecule has 1 aliphatic rings. The molecule has 2 N–H and O–H groups in total. The molecule has 1 aliphatic heterocycles. The quantitative estimate of drug-likeness (QED) is 0.843. The summed E-state index contributed by atoms with van der Waals surface area (Å²) in [4.78, 5) is 0. The molecule has 1 saturated heterocycles. The number of rotatable bonds is 6. The molecule has 0 aromatic heterocycles. The van der Waals surface area contributed by atoms with Crippen molar-refractivity contribution in [3.05, 3.63) is 35.9 Å². The van der Waals surface area contributed by atoms with Crippen molar-refractivity contribution < 1.29 is 14.6 Å². The summed E-state index contributed by atoms with van der Waals surface area (Å²) in [5.41, 5.74) is 0.633. The van der Waals surface area contributed by atoms with Gasteiger partial charge in [0.05, 0.1) is 29.9 Å². The molecule has 0 spiro atoms. The molecule has 0 aliphatic carbocycles. The lowest BCUT2D eigenvalue weighted by atomic mass is 9.90. The second kappa shape index (κ2) is 7.31. The highest BCUT2D eigenvalue weighted by Crippen LogP contribution is 2.36. The van der Waals surface area contributed by atoms with Crippen LogP contribution in [-0.4, -0.2) is 35.2 Å². The van der Waals surface area contributed by atoms with Crippen LogP contribution in [0.2, 0.25) is 0 Å². The first-order chi connectivity index (χ1) is 10.8. The van der Waals surface area contributed by atoms with Crippen LogP contribution in [0.5, 0.6) is 0 Å². The van der Waals surface area contributed by atoms with E-state index in [0.717, 1.165) is 18.4 Å². The molecule has 0 amide bonds. The van der Waals surface area contributed by atoms with Gasteiger partial charge in [-0.05, 0) is 39.7 Å². The topological polar surface area (TPSA) is 50.7 Å². The molecule has 1 fully saturated rings. The molecule has 1 aromatic rings. The highest BCUT2D eigenvalue weighted by atomic mass is 16.7. The van der Waals surface area contributed by atoms with E-state index in [1.54, 1.807) is 0 Å². The van der Waals surface area contributed by atoms with Crippen LogP contribution in [0.3, 0.4) is 0 Å². The fraction of sp³-hybridized carbons (Fsp3) is 0.684. The van der Waals surface area contributed by atoms with Crippen molar-refractivity contribution in [3.8, 4) is 0 Å². The van der Waals surface area contributed by atoms with Gasteiger partial charge in [0, 0.05) is 6.42 Å². The molecular formula is C19H31NO3. The Kier molecular flexibility index (Phi) is 5.84. The van der Waals surface area contributed by atoms with Gasteiger partial charge >= 0.3 is 0 Å². The smallest absolute Gasteiger partial charge is 0.174 e. The van der Waals surface area contributed by atoms with E-state index < -0.39 is 0 Å². The van der Waals surface area contributed by atoms with Crippen molar-refractivity contribution in [1.82, 2.24) is 5.32 Å². The average Bonchev–Trinajstić information content (AvgIpc) is 2.46. The second-order valence-electron chi connectivity index (χ2n) is 7.63. The molecule has 1 heterocycles. The van der Waals surface area contributed by atoms with Crippen LogP contribution in [0.15, 0.2) is 30.3 Å². The molecular weight excluding hydrogens is 290 g/mol. The van der Waals surface area contributed by atoms with E-state index >= 15 is 0 Å². The SMILES string of the molecule is CC[C@@H](N[C@@H](CO)c1ccccc1)C1OC(C)(C)CC(C)(C)O1. The molecule has 2 atom stereocenters. The number of ether oxygens (including phenoxy) is 2. The Hall–Kier alpha value is -0.940. The summed E-state index contributed by atoms with van der Waals surface area (Å²) in [6, 6.07) is 9.90.